The zero-order valence-corrected chi connectivity index (χ0v) is 18.9. The number of hydrogen-bond donors (Lipinski definition) is 3. The quantitative estimate of drug-likeness (QED) is 0.469. The number of carbonyl (C=O) groups is 3. The lowest BCUT2D eigenvalue weighted by Crippen LogP contribution is -2.05. The first-order valence-electron chi connectivity index (χ1n) is 10.3. The molecule has 3 aromatic rings. The Morgan fingerprint density at radius 1 is 0.939 bits per heavy atom. The number of carboxylic acid groups (broad SMARTS) is 1. The largest absolute Gasteiger partial charge is 0.497 e. The zero-order valence-electron chi connectivity index (χ0n) is 18.9. The third-order valence-electron chi connectivity index (χ3n) is 4.16. The molecule has 0 unspecified atom stereocenters. The second kappa shape index (κ2) is 15.8. The Kier molecular flexibility index (Phi) is 12.9. The normalized spacial score (nSPS) is 9.30. The van der Waals surface area contributed by atoms with Crippen LogP contribution in [0.4, 0.5) is 5.69 Å². The Morgan fingerprint density at radius 2 is 1.55 bits per heavy atom. The number of benzene rings is 3. The highest BCUT2D eigenvalue weighted by Gasteiger charge is 1.99. The van der Waals surface area contributed by atoms with Gasteiger partial charge in [0.05, 0.1) is 13.5 Å². The number of ether oxygens (including phenoxy) is 1. The zero-order chi connectivity index (χ0) is 24.5. The number of anilines is 1. The monoisotopic (exact) mass is 450 g/mol. The van der Waals surface area contributed by atoms with Crippen LogP contribution in [-0.4, -0.2) is 36.9 Å². The molecule has 0 saturated carbocycles. The summed E-state index contributed by atoms with van der Waals surface area (Å²) >= 11 is 0. The number of aldehydes is 1. The summed E-state index contributed by atoms with van der Waals surface area (Å²) in [5.41, 5.74) is 8.76. The van der Waals surface area contributed by atoms with Gasteiger partial charge in [0.15, 0.2) is 0 Å². The van der Waals surface area contributed by atoms with Crippen LogP contribution in [0.3, 0.4) is 0 Å². The van der Waals surface area contributed by atoms with Gasteiger partial charge in [-0.1, -0.05) is 42.5 Å². The van der Waals surface area contributed by atoms with Crippen LogP contribution in [0.2, 0.25) is 0 Å². The molecule has 0 spiro atoms. The number of hydrogen-bond acceptors (Lipinski definition) is 5. The lowest BCUT2D eigenvalue weighted by molar-refractivity contribution is -0.136. The minimum Gasteiger partial charge on any atom is -0.497 e. The molecule has 0 bridgehead atoms. The second-order valence-corrected chi connectivity index (χ2v) is 6.86. The van der Waals surface area contributed by atoms with Gasteiger partial charge < -0.3 is 20.9 Å². The molecule has 7 nitrogen and oxygen atoms in total. The minimum atomic E-state index is -0.819. The van der Waals surface area contributed by atoms with E-state index in [2.05, 4.69) is 17.4 Å². The average Bonchev–Trinajstić information content (AvgIpc) is 2.81. The van der Waals surface area contributed by atoms with Gasteiger partial charge in [-0.15, -0.1) is 0 Å². The van der Waals surface area contributed by atoms with Gasteiger partial charge in [0.1, 0.15) is 12.0 Å². The number of methoxy groups -OCH3 is 1. The maximum atomic E-state index is 10.6. The Hall–Kier alpha value is -3.97. The summed E-state index contributed by atoms with van der Waals surface area (Å²) in [7, 11) is 1.58. The molecule has 33 heavy (non-hydrogen) atoms. The van der Waals surface area contributed by atoms with Crippen molar-refractivity contribution in [2.24, 2.45) is 5.73 Å². The van der Waals surface area contributed by atoms with Gasteiger partial charge in [0, 0.05) is 18.2 Å². The molecule has 0 fully saturated rings. The van der Waals surface area contributed by atoms with Gasteiger partial charge in [-0.2, -0.15) is 0 Å². The van der Waals surface area contributed by atoms with Crippen LogP contribution in [0.25, 0.3) is 0 Å². The SMILES string of the molecule is CC(=O)Nc1ccc(C=O)cc1.COc1ccc(CC(=O)O)cc1.NCCc1ccccc1. The maximum absolute atomic E-state index is 10.6. The fourth-order valence-electron chi connectivity index (χ4n) is 2.58. The summed E-state index contributed by atoms with van der Waals surface area (Å²) < 4.78 is 4.93. The van der Waals surface area contributed by atoms with Crippen molar-refractivity contribution in [1.82, 2.24) is 0 Å². The van der Waals surface area contributed by atoms with E-state index in [0.717, 1.165) is 30.6 Å². The van der Waals surface area contributed by atoms with E-state index in [4.69, 9.17) is 15.6 Å². The van der Waals surface area contributed by atoms with Crippen molar-refractivity contribution in [3.63, 3.8) is 0 Å². The minimum absolute atomic E-state index is 0.0595. The molecule has 1 amide bonds. The third-order valence-corrected chi connectivity index (χ3v) is 4.16. The van der Waals surface area contributed by atoms with E-state index < -0.39 is 5.97 Å². The van der Waals surface area contributed by atoms with Crippen LogP contribution < -0.4 is 15.8 Å². The van der Waals surface area contributed by atoms with Crippen LogP contribution in [0.15, 0.2) is 78.9 Å². The summed E-state index contributed by atoms with van der Waals surface area (Å²) in [5, 5.41) is 11.1. The first-order valence-corrected chi connectivity index (χ1v) is 10.3. The first-order chi connectivity index (χ1) is 15.9. The van der Waals surface area contributed by atoms with E-state index in [0.29, 0.717) is 11.3 Å². The Labute approximate surface area is 194 Å². The predicted octanol–water partition coefficient (Wildman–Crippen LogP) is 3.97. The molecule has 0 aromatic heterocycles. The van der Waals surface area contributed by atoms with Gasteiger partial charge in [-0.05, 0) is 60.5 Å². The smallest absolute Gasteiger partial charge is 0.307 e. The highest BCUT2D eigenvalue weighted by Crippen LogP contribution is 2.11. The van der Waals surface area contributed by atoms with Crippen LogP contribution in [-0.2, 0) is 22.4 Å². The summed E-state index contributed by atoms with van der Waals surface area (Å²) in [6.45, 7) is 2.18. The first kappa shape index (κ1) is 27.1. The molecule has 0 atom stereocenters. The molecule has 3 aromatic carbocycles. The average molecular weight is 451 g/mol. The number of amides is 1. The van der Waals surface area contributed by atoms with Crippen molar-refractivity contribution in [1.29, 1.82) is 0 Å². The molecular weight excluding hydrogens is 420 g/mol. The van der Waals surface area contributed by atoms with Crippen LogP contribution in [0.5, 0.6) is 5.75 Å². The number of carbonyl (C=O) groups excluding carboxylic acids is 2. The van der Waals surface area contributed by atoms with Gasteiger partial charge >= 0.3 is 5.97 Å². The van der Waals surface area contributed by atoms with Crippen molar-refractivity contribution < 1.29 is 24.2 Å². The topological polar surface area (TPSA) is 119 Å². The molecule has 7 heteroatoms. The summed E-state index contributed by atoms with van der Waals surface area (Å²) in [6.07, 6.45) is 1.81. The highest BCUT2D eigenvalue weighted by atomic mass is 16.5. The molecule has 0 heterocycles. The number of carboxylic acids is 1. The number of rotatable bonds is 7. The highest BCUT2D eigenvalue weighted by molar-refractivity contribution is 5.89. The van der Waals surface area contributed by atoms with Crippen molar-refractivity contribution in [3.05, 3.63) is 95.6 Å². The van der Waals surface area contributed by atoms with Crippen molar-refractivity contribution in [3.8, 4) is 5.75 Å². The molecule has 0 saturated heterocycles. The van der Waals surface area contributed by atoms with Crippen LogP contribution in [0, 0.1) is 0 Å². The molecule has 0 aliphatic carbocycles. The van der Waals surface area contributed by atoms with Crippen LogP contribution >= 0.6 is 0 Å². The van der Waals surface area contributed by atoms with Gasteiger partial charge in [-0.3, -0.25) is 14.4 Å². The van der Waals surface area contributed by atoms with Crippen molar-refractivity contribution >= 4 is 23.9 Å². The molecule has 4 N–H and O–H groups in total. The summed E-state index contributed by atoms with van der Waals surface area (Å²) in [4.78, 5) is 31.1. The van der Waals surface area contributed by atoms with E-state index in [1.807, 2.05) is 18.2 Å². The lowest BCUT2D eigenvalue weighted by atomic mass is 10.1. The Morgan fingerprint density at radius 3 is 2.00 bits per heavy atom. The lowest BCUT2D eigenvalue weighted by Gasteiger charge is -2.00. The van der Waals surface area contributed by atoms with Gasteiger partial charge in [0.2, 0.25) is 5.91 Å². The molecule has 174 valence electrons. The van der Waals surface area contributed by atoms with E-state index in [-0.39, 0.29) is 12.3 Å². The maximum Gasteiger partial charge on any atom is 0.307 e. The van der Waals surface area contributed by atoms with Crippen LogP contribution in [0.1, 0.15) is 28.4 Å². The Balaban J connectivity index is 0.000000250. The van der Waals surface area contributed by atoms with Gasteiger partial charge in [0.25, 0.3) is 0 Å². The van der Waals surface area contributed by atoms with E-state index in [1.165, 1.54) is 12.5 Å². The number of aliphatic carboxylic acids is 1. The van der Waals surface area contributed by atoms with Crippen molar-refractivity contribution in [2.45, 2.75) is 19.8 Å². The van der Waals surface area contributed by atoms with Gasteiger partial charge in [-0.25, -0.2) is 0 Å². The number of nitrogens with one attached hydrogen (secondary N) is 1. The fraction of sp³-hybridized carbons (Fsp3) is 0.192. The summed E-state index contributed by atoms with van der Waals surface area (Å²) in [5.74, 6) is -0.196. The Bertz CT molecular complexity index is 972. The number of nitrogens with two attached hydrogens (primary N) is 1. The molecule has 3 rings (SSSR count). The molecule has 0 radical (unpaired) electrons. The summed E-state index contributed by atoms with van der Waals surface area (Å²) in [6, 6.07) is 23.9. The molecule has 0 aliphatic heterocycles. The van der Waals surface area contributed by atoms with Crippen molar-refractivity contribution in [2.75, 3.05) is 19.0 Å². The second-order valence-electron chi connectivity index (χ2n) is 6.86. The van der Waals surface area contributed by atoms with E-state index in [9.17, 15) is 14.4 Å². The van der Waals surface area contributed by atoms with E-state index in [1.54, 1.807) is 55.6 Å². The van der Waals surface area contributed by atoms with E-state index >= 15 is 0 Å². The molecular formula is C26H30N2O5. The fourth-order valence-corrected chi connectivity index (χ4v) is 2.58. The predicted molar refractivity (Wildman–Crippen MR) is 130 cm³/mol. The third kappa shape index (κ3) is 12.5. The standard InChI is InChI=1S/C9H9NO2.C9H10O3.C8H11N/c1-7(12)10-9-4-2-8(6-11)3-5-9;1-12-8-4-2-7(3-5-8)6-9(10)11;9-7-6-8-4-2-1-3-5-8/h2-6H,1H3,(H,10,12);2-5H,6H2,1H3,(H,10,11);1-5H,6-7,9H2. The molecule has 0 aliphatic rings.